The molecular weight excluding hydrogens is 400 g/mol. The van der Waals surface area contributed by atoms with E-state index in [9.17, 15) is 4.79 Å². The van der Waals surface area contributed by atoms with Crippen LogP contribution >= 0.6 is 0 Å². The molecule has 0 saturated heterocycles. The molecule has 4 aromatic rings. The Morgan fingerprint density at radius 1 is 1.03 bits per heavy atom. The summed E-state index contributed by atoms with van der Waals surface area (Å²) in [4.78, 5) is 21.5. The van der Waals surface area contributed by atoms with E-state index in [1.165, 1.54) is 0 Å². The lowest BCUT2D eigenvalue weighted by atomic mass is 10.2. The fourth-order valence-corrected chi connectivity index (χ4v) is 3.97. The molecule has 2 aromatic heterocycles. The van der Waals surface area contributed by atoms with Crippen LogP contribution in [0.3, 0.4) is 0 Å². The van der Waals surface area contributed by atoms with Gasteiger partial charge in [-0.05, 0) is 37.5 Å². The lowest BCUT2D eigenvalue weighted by Crippen LogP contribution is -2.29. The van der Waals surface area contributed by atoms with Crippen molar-refractivity contribution in [2.24, 2.45) is 0 Å². The molecule has 2 heterocycles. The van der Waals surface area contributed by atoms with Gasteiger partial charge in [0.1, 0.15) is 11.3 Å². The van der Waals surface area contributed by atoms with Gasteiger partial charge in [0.05, 0.1) is 11.0 Å². The van der Waals surface area contributed by atoms with Crippen LogP contribution in [0.2, 0.25) is 0 Å². The van der Waals surface area contributed by atoms with Crippen LogP contribution in [0.1, 0.15) is 41.3 Å². The largest absolute Gasteiger partial charge is 0.382 e. The average molecular weight is 435 g/mol. The smallest absolute Gasteiger partial charge is 0.319 e. The van der Waals surface area contributed by atoms with Crippen molar-refractivity contribution in [1.29, 1.82) is 0 Å². The van der Waals surface area contributed by atoms with Crippen LogP contribution in [-0.4, -0.2) is 27.1 Å². The minimum absolute atomic E-state index is 0. The Kier molecular flexibility index (Phi) is 6.84. The molecule has 0 bridgehead atoms. The van der Waals surface area contributed by atoms with E-state index in [0.717, 1.165) is 72.1 Å². The summed E-state index contributed by atoms with van der Waals surface area (Å²) in [5.41, 5.74) is 9.79. The zero-order valence-corrected chi connectivity index (χ0v) is 18.5. The van der Waals surface area contributed by atoms with Crippen LogP contribution in [0.15, 0.2) is 54.6 Å². The summed E-state index contributed by atoms with van der Waals surface area (Å²) < 4.78 is 2.30. The number of benzene rings is 2. The van der Waals surface area contributed by atoms with Crippen molar-refractivity contribution in [3.8, 4) is 0 Å². The quantitative estimate of drug-likeness (QED) is 0.299. The van der Waals surface area contributed by atoms with Crippen LogP contribution in [0.5, 0.6) is 0 Å². The van der Waals surface area contributed by atoms with Crippen LogP contribution in [0.25, 0.3) is 21.9 Å². The SMILES string of the molecule is CCCCc1nc2c(N)nc3ccccc3c2n1CCCCNC(=O)Nc1ccccc1.[HH].[HH]. The number of nitrogens with two attached hydrogens (primary N) is 1. The van der Waals surface area contributed by atoms with Crippen LogP contribution in [0.4, 0.5) is 16.3 Å². The highest BCUT2D eigenvalue weighted by Crippen LogP contribution is 2.29. The summed E-state index contributed by atoms with van der Waals surface area (Å²) in [6.07, 6.45) is 4.89. The Hall–Kier alpha value is -3.61. The second kappa shape index (κ2) is 10.1. The summed E-state index contributed by atoms with van der Waals surface area (Å²) in [5, 5.41) is 6.85. The number of rotatable bonds is 9. The highest BCUT2D eigenvalue weighted by molar-refractivity contribution is 6.06. The van der Waals surface area contributed by atoms with Gasteiger partial charge in [0, 0.05) is 33.4 Å². The van der Waals surface area contributed by atoms with Crippen molar-refractivity contribution in [1.82, 2.24) is 19.9 Å². The first-order valence-electron chi connectivity index (χ1n) is 11.3. The van der Waals surface area contributed by atoms with E-state index >= 15 is 0 Å². The zero-order valence-electron chi connectivity index (χ0n) is 18.5. The lowest BCUT2D eigenvalue weighted by molar-refractivity contribution is 0.252. The maximum atomic E-state index is 12.1. The van der Waals surface area contributed by atoms with Gasteiger partial charge < -0.3 is 20.9 Å². The fourth-order valence-electron chi connectivity index (χ4n) is 3.97. The standard InChI is InChI=1S/C25H30N6O.2H2/c1-2-3-15-21-30-22-23(19-13-7-8-14-20(19)29-24(22)26)31(21)17-10-9-16-27-25(32)28-18-11-5-4-6-12-18;;/h4-8,11-14H,2-3,9-10,15-17H2,1H3,(H2,26,29)(H2,27,28,32);2*1H. The number of aryl methyl sites for hydroxylation is 2. The summed E-state index contributed by atoms with van der Waals surface area (Å²) in [5.74, 6) is 1.54. The highest BCUT2D eigenvalue weighted by Gasteiger charge is 2.16. The molecule has 170 valence electrons. The van der Waals surface area contributed by atoms with Gasteiger partial charge in [-0.25, -0.2) is 14.8 Å². The molecule has 7 nitrogen and oxygen atoms in total. The van der Waals surface area contributed by atoms with Crippen LogP contribution in [-0.2, 0) is 13.0 Å². The van der Waals surface area contributed by atoms with Gasteiger partial charge in [-0.3, -0.25) is 0 Å². The Morgan fingerprint density at radius 2 is 1.81 bits per heavy atom. The molecule has 7 heteroatoms. The van der Waals surface area contributed by atoms with Crippen molar-refractivity contribution in [3.63, 3.8) is 0 Å². The second-order valence-corrected chi connectivity index (χ2v) is 7.95. The van der Waals surface area contributed by atoms with E-state index in [4.69, 9.17) is 10.7 Å². The number of para-hydroxylation sites is 2. The lowest BCUT2D eigenvalue weighted by Gasteiger charge is -2.11. The number of fused-ring (bicyclic) bond motifs is 3. The van der Waals surface area contributed by atoms with Gasteiger partial charge in [-0.1, -0.05) is 49.7 Å². The van der Waals surface area contributed by atoms with E-state index < -0.39 is 0 Å². The number of carbonyl (C=O) groups is 1. The summed E-state index contributed by atoms with van der Waals surface area (Å²) in [6.45, 7) is 3.62. The number of nitrogen functional groups attached to an aromatic ring is 1. The monoisotopic (exact) mass is 434 g/mol. The molecule has 0 atom stereocenters. The summed E-state index contributed by atoms with van der Waals surface area (Å²) in [7, 11) is 0. The Labute approximate surface area is 191 Å². The number of unbranched alkanes of at least 4 members (excludes halogenated alkanes) is 2. The normalized spacial score (nSPS) is 11.2. The average Bonchev–Trinajstić information content (AvgIpc) is 3.17. The molecule has 0 saturated carbocycles. The number of amides is 2. The van der Waals surface area contributed by atoms with Crippen molar-refractivity contribution in [2.45, 2.75) is 45.6 Å². The number of hydrogen-bond donors (Lipinski definition) is 3. The van der Waals surface area contributed by atoms with Crippen LogP contribution in [0, 0.1) is 0 Å². The molecule has 2 amide bonds. The van der Waals surface area contributed by atoms with Crippen molar-refractivity contribution < 1.29 is 7.65 Å². The molecule has 4 N–H and O–H groups in total. The summed E-state index contributed by atoms with van der Waals surface area (Å²) in [6, 6.07) is 17.3. The predicted octanol–water partition coefficient (Wildman–Crippen LogP) is 5.60. The number of urea groups is 1. The van der Waals surface area contributed by atoms with Gasteiger partial charge in [0.15, 0.2) is 5.82 Å². The van der Waals surface area contributed by atoms with Gasteiger partial charge >= 0.3 is 6.03 Å². The van der Waals surface area contributed by atoms with Gasteiger partial charge in [0.2, 0.25) is 0 Å². The third-order valence-corrected chi connectivity index (χ3v) is 5.57. The van der Waals surface area contributed by atoms with E-state index in [1.54, 1.807) is 0 Å². The van der Waals surface area contributed by atoms with Crippen molar-refractivity contribution in [2.75, 3.05) is 17.6 Å². The molecule has 0 spiro atoms. The molecule has 0 aliphatic heterocycles. The van der Waals surface area contributed by atoms with Gasteiger partial charge in [-0.15, -0.1) is 0 Å². The highest BCUT2D eigenvalue weighted by atomic mass is 16.2. The number of nitrogens with zero attached hydrogens (tertiary/aromatic N) is 3. The van der Waals surface area contributed by atoms with Gasteiger partial charge in [0.25, 0.3) is 0 Å². The minimum Gasteiger partial charge on any atom is -0.382 e. The predicted molar refractivity (Wildman–Crippen MR) is 135 cm³/mol. The number of imidazole rings is 1. The van der Waals surface area contributed by atoms with E-state index in [-0.39, 0.29) is 8.88 Å². The summed E-state index contributed by atoms with van der Waals surface area (Å²) >= 11 is 0. The molecule has 0 unspecified atom stereocenters. The topological polar surface area (TPSA) is 97.9 Å². The first-order chi connectivity index (χ1) is 15.7. The fraction of sp³-hybridized carbons (Fsp3) is 0.320. The van der Waals surface area contributed by atoms with E-state index in [1.807, 2.05) is 48.5 Å². The number of carbonyl (C=O) groups excluding carboxylic acids is 1. The molecular formula is C25H34N6O. The zero-order chi connectivity index (χ0) is 22.3. The Balaban J connectivity index is 0.00000204. The molecule has 0 aliphatic rings. The number of hydrogen-bond acceptors (Lipinski definition) is 4. The first kappa shape index (κ1) is 21.6. The molecule has 2 aromatic carbocycles. The van der Waals surface area contributed by atoms with E-state index in [0.29, 0.717) is 12.4 Å². The number of nitrogens with one attached hydrogen (secondary N) is 2. The molecule has 0 radical (unpaired) electrons. The molecule has 4 rings (SSSR count). The van der Waals surface area contributed by atoms with Gasteiger partial charge in [-0.2, -0.15) is 0 Å². The second-order valence-electron chi connectivity index (χ2n) is 7.95. The number of pyridine rings is 1. The molecule has 0 aliphatic carbocycles. The third kappa shape index (κ3) is 4.82. The Bertz CT molecular complexity index is 1210. The Morgan fingerprint density at radius 3 is 2.62 bits per heavy atom. The van der Waals surface area contributed by atoms with Crippen molar-refractivity contribution in [3.05, 3.63) is 60.4 Å². The van der Waals surface area contributed by atoms with Crippen molar-refractivity contribution >= 4 is 39.5 Å². The van der Waals surface area contributed by atoms with E-state index in [2.05, 4.69) is 33.2 Å². The molecule has 0 fully saturated rings. The third-order valence-electron chi connectivity index (χ3n) is 5.57. The maximum Gasteiger partial charge on any atom is 0.319 e. The minimum atomic E-state index is -0.183. The maximum absolute atomic E-state index is 12.1. The number of anilines is 2. The van der Waals surface area contributed by atoms with Crippen LogP contribution < -0.4 is 16.4 Å². The molecule has 32 heavy (non-hydrogen) atoms. The first-order valence-corrected chi connectivity index (χ1v) is 11.3. The number of aromatic nitrogens is 3.